The van der Waals surface area contributed by atoms with Crippen LogP contribution in [-0.2, 0) is 9.59 Å². The van der Waals surface area contributed by atoms with Gasteiger partial charge >= 0.3 is 0 Å². The normalized spacial score (nSPS) is 21.1. The van der Waals surface area contributed by atoms with Crippen molar-refractivity contribution in [3.05, 3.63) is 59.2 Å². The molecule has 2 atom stereocenters. The van der Waals surface area contributed by atoms with Gasteiger partial charge in [0.25, 0.3) is 0 Å². The van der Waals surface area contributed by atoms with Gasteiger partial charge in [0, 0.05) is 37.6 Å². The number of carbonyl (C=O) groups is 2. The van der Waals surface area contributed by atoms with Crippen LogP contribution in [0.3, 0.4) is 0 Å². The second-order valence-corrected chi connectivity index (χ2v) is 8.28. The number of hydrogen-bond donors (Lipinski definition) is 1. The lowest BCUT2D eigenvalue weighted by molar-refractivity contribution is -0.134. The summed E-state index contributed by atoms with van der Waals surface area (Å²) in [6, 6.07) is 14.1. The zero-order chi connectivity index (χ0) is 20.5. The van der Waals surface area contributed by atoms with Crippen molar-refractivity contribution in [3.63, 3.8) is 0 Å². The SMILES string of the molecule is Cc1ccccc1NC(=O)C1CC1C(=O)N1CCN(c2cccc(C)c2C)CC1. The maximum Gasteiger partial charge on any atom is 0.228 e. The van der Waals surface area contributed by atoms with Crippen molar-refractivity contribution < 1.29 is 9.59 Å². The number of nitrogens with zero attached hydrogens (tertiary/aromatic N) is 2. The van der Waals surface area contributed by atoms with Gasteiger partial charge in [0.15, 0.2) is 0 Å². The van der Waals surface area contributed by atoms with E-state index in [1.165, 1.54) is 16.8 Å². The van der Waals surface area contributed by atoms with E-state index in [1.807, 2.05) is 36.1 Å². The zero-order valence-corrected chi connectivity index (χ0v) is 17.4. The Morgan fingerprint density at radius 3 is 2.28 bits per heavy atom. The molecule has 2 amide bonds. The van der Waals surface area contributed by atoms with Crippen LogP contribution in [0, 0.1) is 32.6 Å². The van der Waals surface area contributed by atoms with Crippen molar-refractivity contribution in [2.45, 2.75) is 27.2 Å². The van der Waals surface area contributed by atoms with Crippen molar-refractivity contribution in [3.8, 4) is 0 Å². The molecule has 0 radical (unpaired) electrons. The molecule has 2 fully saturated rings. The van der Waals surface area contributed by atoms with E-state index in [-0.39, 0.29) is 23.7 Å². The lowest BCUT2D eigenvalue weighted by atomic mass is 10.1. The maximum absolute atomic E-state index is 12.9. The van der Waals surface area contributed by atoms with Gasteiger partial charge in [-0.3, -0.25) is 9.59 Å². The highest BCUT2D eigenvalue weighted by atomic mass is 16.2. The summed E-state index contributed by atoms with van der Waals surface area (Å²) < 4.78 is 0. The molecule has 1 N–H and O–H groups in total. The summed E-state index contributed by atoms with van der Waals surface area (Å²) >= 11 is 0. The highest BCUT2D eigenvalue weighted by molar-refractivity contribution is 6.00. The smallest absolute Gasteiger partial charge is 0.228 e. The molecule has 29 heavy (non-hydrogen) atoms. The van der Waals surface area contributed by atoms with Gasteiger partial charge < -0.3 is 15.1 Å². The summed E-state index contributed by atoms with van der Waals surface area (Å²) in [7, 11) is 0. The van der Waals surface area contributed by atoms with E-state index in [4.69, 9.17) is 0 Å². The van der Waals surface area contributed by atoms with Crippen LogP contribution in [0.25, 0.3) is 0 Å². The van der Waals surface area contributed by atoms with E-state index >= 15 is 0 Å². The van der Waals surface area contributed by atoms with E-state index in [0.717, 1.165) is 37.4 Å². The number of amides is 2. The summed E-state index contributed by atoms with van der Waals surface area (Å²) in [6.45, 7) is 9.37. The number of piperazine rings is 1. The quantitative estimate of drug-likeness (QED) is 0.867. The molecule has 2 aromatic carbocycles. The Balaban J connectivity index is 1.31. The first-order valence-corrected chi connectivity index (χ1v) is 10.4. The van der Waals surface area contributed by atoms with Crippen LogP contribution in [0.15, 0.2) is 42.5 Å². The molecule has 1 aliphatic carbocycles. The van der Waals surface area contributed by atoms with Gasteiger partial charge in [-0.1, -0.05) is 30.3 Å². The first kappa shape index (κ1) is 19.5. The van der Waals surface area contributed by atoms with Crippen molar-refractivity contribution in [2.24, 2.45) is 11.8 Å². The summed E-state index contributed by atoms with van der Waals surface area (Å²) in [4.78, 5) is 29.7. The third-order valence-corrected chi connectivity index (χ3v) is 6.36. The third-order valence-electron chi connectivity index (χ3n) is 6.36. The van der Waals surface area contributed by atoms with Gasteiger partial charge in [-0.15, -0.1) is 0 Å². The second kappa shape index (κ2) is 7.90. The predicted octanol–water partition coefficient (Wildman–Crippen LogP) is 3.54. The van der Waals surface area contributed by atoms with Gasteiger partial charge in [-0.2, -0.15) is 0 Å². The van der Waals surface area contributed by atoms with Gasteiger partial charge in [0.1, 0.15) is 0 Å². The highest BCUT2D eigenvalue weighted by Gasteiger charge is 2.49. The molecule has 4 rings (SSSR count). The molecule has 5 nitrogen and oxygen atoms in total. The van der Waals surface area contributed by atoms with E-state index in [0.29, 0.717) is 6.42 Å². The Bertz CT molecular complexity index is 931. The number of rotatable bonds is 4. The van der Waals surface area contributed by atoms with Crippen LogP contribution in [0.2, 0.25) is 0 Å². The minimum Gasteiger partial charge on any atom is -0.368 e. The number of aryl methyl sites for hydroxylation is 2. The minimum atomic E-state index is -0.195. The van der Waals surface area contributed by atoms with E-state index in [9.17, 15) is 9.59 Å². The maximum atomic E-state index is 12.9. The van der Waals surface area contributed by atoms with E-state index < -0.39 is 0 Å². The molecule has 1 heterocycles. The van der Waals surface area contributed by atoms with Crippen molar-refractivity contribution in [1.82, 2.24) is 4.90 Å². The molecule has 1 saturated heterocycles. The molecular formula is C24H29N3O2. The summed E-state index contributed by atoms with van der Waals surface area (Å²) in [6.07, 6.45) is 0.660. The van der Waals surface area contributed by atoms with Gasteiger partial charge in [0.2, 0.25) is 11.8 Å². The van der Waals surface area contributed by atoms with Gasteiger partial charge in [-0.25, -0.2) is 0 Å². The first-order chi connectivity index (χ1) is 14.0. The first-order valence-electron chi connectivity index (χ1n) is 10.4. The van der Waals surface area contributed by atoms with E-state index in [1.54, 1.807) is 0 Å². The van der Waals surface area contributed by atoms with Crippen LogP contribution in [0.5, 0.6) is 0 Å². The Hall–Kier alpha value is -2.82. The third kappa shape index (κ3) is 4.00. The predicted molar refractivity (Wildman–Crippen MR) is 116 cm³/mol. The molecule has 1 aliphatic heterocycles. The molecule has 2 aliphatic rings. The van der Waals surface area contributed by atoms with Crippen LogP contribution in [-0.4, -0.2) is 42.9 Å². The Morgan fingerprint density at radius 1 is 0.862 bits per heavy atom. The monoisotopic (exact) mass is 391 g/mol. The fourth-order valence-electron chi connectivity index (χ4n) is 4.18. The van der Waals surface area contributed by atoms with Crippen LogP contribution >= 0.6 is 0 Å². The fraction of sp³-hybridized carbons (Fsp3) is 0.417. The Morgan fingerprint density at radius 2 is 1.55 bits per heavy atom. The van der Waals surface area contributed by atoms with Crippen LogP contribution in [0.1, 0.15) is 23.1 Å². The molecule has 5 heteroatoms. The highest BCUT2D eigenvalue weighted by Crippen LogP contribution is 2.41. The largest absolute Gasteiger partial charge is 0.368 e. The second-order valence-electron chi connectivity index (χ2n) is 8.28. The molecule has 0 aromatic heterocycles. The standard InChI is InChI=1S/C24H29N3O2/c1-16-8-6-10-22(18(16)3)26-11-13-27(14-12-26)24(29)20-15-19(20)23(28)25-21-9-5-4-7-17(21)2/h4-10,19-20H,11-15H2,1-3H3,(H,25,28). The number of benzene rings is 2. The molecule has 1 saturated carbocycles. The fourth-order valence-corrected chi connectivity index (χ4v) is 4.18. The average molecular weight is 392 g/mol. The number of carbonyl (C=O) groups excluding carboxylic acids is 2. The molecule has 2 unspecified atom stereocenters. The number of hydrogen-bond acceptors (Lipinski definition) is 3. The summed E-state index contributed by atoms with van der Waals surface area (Å²) in [5, 5.41) is 2.98. The van der Waals surface area contributed by atoms with Crippen molar-refractivity contribution >= 4 is 23.2 Å². The van der Waals surface area contributed by atoms with Crippen LogP contribution in [0.4, 0.5) is 11.4 Å². The average Bonchev–Trinajstić information content (AvgIpc) is 3.52. The molecule has 2 aromatic rings. The Kier molecular flexibility index (Phi) is 5.31. The Labute approximate surface area is 172 Å². The topological polar surface area (TPSA) is 52.7 Å². The number of nitrogens with one attached hydrogen (secondary N) is 1. The van der Waals surface area contributed by atoms with Gasteiger partial charge in [-0.05, 0) is 56.0 Å². The van der Waals surface area contributed by atoms with E-state index in [2.05, 4.69) is 42.3 Å². The molecule has 0 spiro atoms. The molecule has 152 valence electrons. The number of para-hydroxylation sites is 1. The number of anilines is 2. The lowest BCUT2D eigenvalue weighted by Gasteiger charge is -2.37. The summed E-state index contributed by atoms with van der Waals surface area (Å²) in [5.41, 5.74) is 5.73. The zero-order valence-electron chi connectivity index (χ0n) is 17.4. The van der Waals surface area contributed by atoms with Crippen molar-refractivity contribution in [1.29, 1.82) is 0 Å². The summed E-state index contributed by atoms with van der Waals surface area (Å²) in [5.74, 6) is -0.257. The minimum absolute atomic E-state index is 0.0355. The van der Waals surface area contributed by atoms with Crippen molar-refractivity contribution in [2.75, 3.05) is 36.4 Å². The molecular weight excluding hydrogens is 362 g/mol. The van der Waals surface area contributed by atoms with Gasteiger partial charge in [0.05, 0.1) is 11.8 Å². The lowest BCUT2D eigenvalue weighted by Crippen LogP contribution is -2.49. The molecule has 0 bridgehead atoms. The van der Waals surface area contributed by atoms with Crippen LogP contribution < -0.4 is 10.2 Å².